The molecule has 2 aliphatic rings. The molecule has 1 saturated heterocycles. The third-order valence-corrected chi connectivity index (χ3v) is 5.63. The predicted octanol–water partition coefficient (Wildman–Crippen LogP) is 0.828. The summed E-state index contributed by atoms with van der Waals surface area (Å²) in [6.07, 6.45) is -5.88. The van der Waals surface area contributed by atoms with Crippen molar-refractivity contribution in [3.05, 3.63) is 29.8 Å². The van der Waals surface area contributed by atoms with Crippen LogP contribution in [-0.2, 0) is 11.2 Å². The lowest BCUT2D eigenvalue weighted by molar-refractivity contribution is -0.277. The van der Waals surface area contributed by atoms with Gasteiger partial charge in [0.05, 0.1) is 6.61 Å². The van der Waals surface area contributed by atoms with Crippen LogP contribution in [0.2, 0.25) is 0 Å². The van der Waals surface area contributed by atoms with Crippen LogP contribution in [-0.4, -0.2) is 68.4 Å². The van der Waals surface area contributed by atoms with Crippen molar-refractivity contribution in [3.63, 3.8) is 0 Å². The van der Waals surface area contributed by atoms with Crippen molar-refractivity contribution in [1.82, 2.24) is 0 Å². The molecule has 2 aromatic carbocycles. The van der Waals surface area contributed by atoms with Gasteiger partial charge in [-0.3, -0.25) is 0 Å². The van der Waals surface area contributed by atoms with Crippen LogP contribution in [0.3, 0.4) is 0 Å². The fourth-order valence-corrected chi connectivity index (χ4v) is 3.92. The maximum atomic E-state index is 10.9. The van der Waals surface area contributed by atoms with E-state index in [2.05, 4.69) is 0 Å². The summed E-state index contributed by atoms with van der Waals surface area (Å²) in [5.41, 5.74) is 0.241. The minimum absolute atomic E-state index is 0.0959. The molecule has 0 radical (unpaired) electrons. The Bertz CT molecular complexity index is 909. The standard InChI is InChI=1S/C21H26O8/c1-21(2)8-7-12-18(29-21)11-6-4-3-5-10(11)14(23)19(12)28-20-17(26)16(25)15(24)13(9-22)27-20/h3-6,13,15-17,20,22-26H,7-9H2,1-2H3/t13-,15?,16+,17-,20-/m0/s1. The van der Waals surface area contributed by atoms with Gasteiger partial charge in [-0.1, -0.05) is 24.3 Å². The maximum absolute atomic E-state index is 10.9. The van der Waals surface area contributed by atoms with E-state index in [4.69, 9.17) is 14.2 Å². The van der Waals surface area contributed by atoms with Gasteiger partial charge in [-0.15, -0.1) is 0 Å². The van der Waals surface area contributed by atoms with Gasteiger partial charge >= 0.3 is 0 Å². The zero-order valence-electron chi connectivity index (χ0n) is 16.3. The van der Waals surface area contributed by atoms with Gasteiger partial charge in [0.2, 0.25) is 6.29 Å². The molecule has 2 heterocycles. The van der Waals surface area contributed by atoms with Crippen molar-refractivity contribution in [2.45, 2.75) is 63.0 Å². The van der Waals surface area contributed by atoms with Crippen molar-refractivity contribution >= 4 is 10.8 Å². The molecule has 2 aromatic rings. The highest BCUT2D eigenvalue weighted by molar-refractivity contribution is 5.97. The number of ether oxygens (including phenoxy) is 3. The van der Waals surface area contributed by atoms with E-state index in [-0.39, 0.29) is 11.5 Å². The van der Waals surface area contributed by atoms with Gasteiger partial charge in [0.15, 0.2) is 11.5 Å². The highest BCUT2D eigenvalue weighted by Crippen LogP contribution is 2.50. The normalized spacial score (nSPS) is 31.2. The first-order valence-electron chi connectivity index (χ1n) is 9.66. The molecule has 0 aliphatic carbocycles. The lowest BCUT2D eigenvalue weighted by Crippen LogP contribution is -2.60. The summed E-state index contributed by atoms with van der Waals surface area (Å²) in [5.74, 6) is 0.562. The van der Waals surface area contributed by atoms with Crippen LogP contribution in [0.4, 0.5) is 0 Å². The lowest BCUT2D eigenvalue weighted by Gasteiger charge is -2.40. The molecule has 8 heteroatoms. The summed E-state index contributed by atoms with van der Waals surface area (Å²) < 4.78 is 17.5. The number of aromatic hydroxyl groups is 1. The Morgan fingerprint density at radius 1 is 1.07 bits per heavy atom. The van der Waals surface area contributed by atoms with E-state index in [0.717, 1.165) is 5.39 Å². The van der Waals surface area contributed by atoms with E-state index in [1.807, 2.05) is 26.0 Å². The fourth-order valence-electron chi connectivity index (χ4n) is 3.92. The predicted molar refractivity (Wildman–Crippen MR) is 103 cm³/mol. The number of rotatable bonds is 3. The molecule has 2 aliphatic heterocycles. The highest BCUT2D eigenvalue weighted by Gasteiger charge is 2.45. The van der Waals surface area contributed by atoms with Gasteiger partial charge < -0.3 is 39.7 Å². The van der Waals surface area contributed by atoms with E-state index in [9.17, 15) is 25.5 Å². The number of hydrogen-bond donors (Lipinski definition) is 5. The first-order chi connectivity index (χ1) is 13.7. The van der Waals surface area contributed by atoms with Crippen molar-refractivity contribution in [1.29, 1.82) is 0 Å². The monoisotopic (exact) mass is 406 g/mol. The summed E-state index contributed by atoms with van der Waals surface area (Å²) in [4.78, 5) is 0. The van der Waals surface area contributed by atoms with E-state index >= 15 is 0 Å². The summed E-state index contributed by atoms with van der Waals surface area (Å²) in [5, 5.41) is 51.9. The Labute approximate surface area is 167 Å². The Balaban J connectivity index is 1.79. The van der Waals surface area contributed by atoms with Gasteiger partial charge in [0.25, 0.3) is 0 Å². The molecule has 0 spiro atoms. The third-order valence-electron chi connectivity index (χ3n) is 5.63. The molecular weight excluding hydrogens is 380 g/mol. The second-order valence-electron chi connectivity index (χ2n) is 8.21. The topological polar surface area (TPSA) is 129 Å². The molecule has 1 unspecified atom stereocenters. The van der Waals surface area contributed by atoms with E-state index in [0.29, 0.717) is 29.5 Å². The van der Waals surface area contributed by atoms with Crippen molar-refractivity contribution in [2.75, 3.05) is 6.61 Å². The molecule has 0 aromatic heterocycles. The molecule has 8 nitrogen and oxygen atoms in total. The smallest absolute Gasteiger partial charge is 0.229 e. The van der Waals surface area contributed by atoms with Crippen molar-refractivity contribution in [2.24, 2.45) is 0 Å². The van der Waals surface area contributed by atoms with Gasteiger partial charge in [-0.05, 0) is 26.7 Å². The number of aliphatic hydroxyl groups excluding tert-OH is 4. The van der Waals surface area contributed by atoms with Crippen LogP contribution in [0.25, 0.3) is 10.8 Å². The van der Waals surface area contributed by atoms with Gasteiger partial charge in [-0.25, -0.2) is 0 Å². The maximum Gasteiger partial charge on any atom is 0.229 e. The van der Waals surface area contributed by atoms with Crippen LogP contribution in [0.15, 0.2) is 24.3 Å². The number of phenolic OH excluding ortho intramolecular Hbond substituents is 1. The van der Waals surface area contributed by atoms with Crippen LogP contribution in [0.5, 0.6) is 17.2 Å². The van der Waals surface area contributed by atoms with Crippen LogP contribution >= 0.6 is 0 Å². The Hall–Kier alpha value is -2.10. The zero-order chi connectivity index (χ0) is 20.9. The van der Waals surface area contributed by atoms with Crippen molar-refractivity contribution in [3.8, 4) is 17.2 Å². The largest absolute Gasteiger partial charge is 0.504 e. The first-order valence-corrected chi connectivity index (χ1v) is 9.66. The van der Waals surface area contributed by atoms with Gasteiger partial charge in [0, 0.05) is 16.3 Å². The average Bonchev–Trinajstić information content (AvgIpc) is 2.70. The van der Waals surface area contributed by atoms with E-state index in [1.165, 1.54) is 0 Å². The molecule has 0 bridgehead atoms. The zero-order valence-corrected chi connectivity index (χ0v) is 16.3. The Kier molecular flexibility index (Phi) is 5.08. The average molecular weight is 406 g/mol. The molecular formula is C21H26O8. The Morgan fingerprint density at radius 2 is 1.76 bits per heavy atom. The second kappa shape index (κ2) is 7.30. The minimum Gasteiger partial charge on any atom is -0.504 e. The molecule has 0 saturated carbocycles. The first kappa shape index (κ1) is 20.2. The number of aliphatic hydroxyl groups is 4. The summed E-state index contributed by atoms with van der Waals surface area (Å²) in [6.45, 7) is 3.40. The molecule has 5 atom stereocenters. The second-order valence-corrected chi connectivity index (χ2v) is 8.21. The minimum atomic E-state index is -1.57. The van der Waals surface area contributed by atoms with Crippen molar-refractivity contribution < 1.29 is 39.7 Å². The van der Waals surface area contributed by atoms with E-state index in [1.54, 1.807) is 12.1 Å². The third kappa shape index (κ3) is 3.41. The molecule has 5 N–H and O–H groups in total. The number of benzene rings is 2. The molecule has 29 heavy (non-hydrogen) atoms. The number of fused-ring (bicyclic) bond motifs is 3. The van der Waals surface area contributed by atoms with E-state index < -0.39 is 42.9 Å². The molecule has 0 amide bonds. The van der Waals surface area contributed by atoms with Gasteiger partial charge in [-0.2, -0.15) is 0 Å². The van der Waals surface area contributed by atoms with Crippen LogP contribution in [0, 0.1) is 0 Å². The molecule has 4 rings (SSSR count). The van der Waals surface area contributed by atoms with Crippen LogP contribution < -0.4 is 9.47 Å². The quantitative estimate of drug-likeness (QED) is 0.507. The summed E-state index contributed by atoms with van der Waals surface area (Å²) >= 11 is 0. The lowest BCUT2D eigenvalue weighted by atomic mass is 9.91. The number of phenols is 1. The highest BCUT2D eigenvalue weighted by atomic mass is 16.7. The SMILES string of the molecule is CC1(C)CCc2c(O[C@@H]3O[C@@H](CO)C(O)[C@@H](O)[C@@H]3O)c(O)c3ccccc3c2O1. The molecule has 158 valence electrons. The number of hydrogen-bond acceptors (Lipinski definition) is 8. The summed E-state index contributed by atoms with van der Waals surface area (Å²) in [6, 6.07) is 7.22. The Morgan fingerprint density at radius 3 is 2.45 bits per heavy atom. The summed E-state index contributed by atoms with van der Waals surface area (Å²) in [7, 11) is 0. The van der Waals surface area contributed by atoms with Crippen LogP contribution in [0.1, 0.15) is 25.8 Å². The van der Waals surface area contributed by atoms with Gasteiger partial charge in [0.1, 0.15) is 35.8 Å². The molecule has 1 fully saturated rings. The fraction of sp³-hybridized carbons (Fsp3) is 0.524.